The molecule has 1 rings (SSSR count). The van der Waals surface area contributed by atoms with Crippen molar-refractivity contribution in [3.63, 3.8) is 0 Å². The van der Waals surface area contributed by atoms with Crippen molar-refractivity contribution in [2.24, 2.45) is 0 Å². The Bertz CT molecular complexity index is 379. The summed E-state index contributed by atoms with van der Waals surface area (Å²) in [4.78, 5) is 0. The number of phenols is 1. The number of nitrogens with one attached hydrogen (secondary N) is 1. The van der Waals surface area contributed by atoms with Crippen LogP contribution >= 0.6 is 0 Å². The molecule has 3 N–H and O–H groups in total. The van der Waals surface area contributed by atoms with Gasteiger partial charge in [0.25, 0.3) is 0 Å². The Labute approximate surface area is 109 Å². The van der Waals surface area contributed by atoms with Crippen molar-refractivity contribution < 1.29 is 14.9 Å². The topological polar surface area (TPSA) is 61.7 Å². The fourth-order valence-corrected chi connectivity index (χ4v) is 2.07. The summed E-state index contributed by atoms with van der Waals surface area (Å²) < 4.78 is 5.09. The molecule has 3 unspecified atom stereocenters. The van der Waals surface area contributed by atoms with Gasteiger partial charge < -0.3 is 20.3 Å². The van der Waals surface area contributed by atoms with Crippen LogP contribution in [-0.2, 0) is 0 Å². The number of hydrogen-bond acceptors (Lipinski definition) is 4. The van der Waals surface area contributed by atoms with Crippen molar-refractivity contribution in [3.8, 4) is 11.5 Å². The second-order valence-electron chi connectivity index (χ2n) is 4.81. The summed E-state index contributed by atoms with van der Waals surface area (Å²) in [6.07, 6.45) is 0.397. The largest absolute Gasteiger partial charge is 0.504 e. The van der Waals surface area contributed by atoms with E-state index in [9.17, 15) is 10.2 Å². The van der Waals surface area contributed by atoms with E-state index in [-0.39, 0.29) is 23.9 Å². The van der Waals surface area contributed by atoms with Gasteiger partial charge in [0.1, 0.15) is 0 Å². The molecule has 0 heterocycles. The fourth-order valence-electron chi connectivity index (χ4n) is 2.07. The molecule has 4 nitrogen and oxygen atoms in total. The van der Waals surface area contributed by atoms with Crippen molar-refractivity contribution in [1.82, 2.24) is 5.32 Å². The lowest BCUT2D eigenvalue weighted by Gasteiger charge is -2.22. The summed E-state index contributed by atoms with van der Waals surface area (Å²) in [6.45, 7) is 5.87. The van der Waals surface area contributed by atoms with E-state index < -0.39 is 0 Å². The normalized spacial score (nSPS) is 16.1. The van der Waals surface area contributed by atoms with Crippen LogP contribution in [0.25, 0.3) is 0 Å². The quantitative estimate of drug-likeness (QED) is 0.727. The molecule has 1 aromatic rings. The van der Waals surface area contributed by atoms with E-state index in [1.54, 1.807) is 13.0 Å². The van der Waals surface area contributed by atoms with E-state index in [1.807, 2.05) is 26.0 Å². The van der Waals surface area contributed by atoms with Gasteiger partial charge >= 0.3 is 0 Å². The summed E-state index contributed by atoms with van der Waals surface area (Å²) in [5, 5.41) is 22.3. The molecule has 0 fully saturated rings. The third-order valence-electron chi connectivity index (χ3n) is 2.93. The van der Waals surface area contributed by atoms with Gasteiger partial charge in [0.15, 0.2) is 11.5 Å². The molecule has 0 spiro atoms. The van der Waals surface area contributed by atoms with Crippen molar-refractivity contribution in [1.29, 1.82) is 0 Å². The summed E-state index contributed by atoms with van der Waals surface area (Å²) >= 11 is 0. The van der Waals surface area contributed by atoms with Gasteiger partial charge in [-0.2, -0.15) is 0 Å². The van der Waals surface area contributed by atoms with Crippen LogP contribution in [0.2, 0.25) is 0 Å². The van der Waals surface area contributed by atoms with Crippen LogP contribution in [0.3, 0.4) is 0 Å². The molecule has 102 valence electrons. The Kier molecular flexibility index (Phi) is 5.44. The van der Waals surface area contributed by atoms with E-state index in [2.05, 4.69) is 5.32 Å². The molecule has 18 heavy (non-hydrogen) atoms. The number of aliphatic hydroxyl groups excluding tert-OH is 1. The van der Waals surface area contributed by atoms with Crippen LogP contribution in [0.15, 0.2) is 18.2 Å². The maximum Gasteiger partial charge on any atom is 0.160 e. The third kappa shape index (κ3) is 4.20. The molecule has 0 aliphatic rings. The van der Waals surface area contributed by atoms with Gasteiger partial charge in [-0.3, -0.25) is 0 Å². The molecule has 0 saturated carbocycles. The van der Waals surface area contributed by atoms with Gasteiger partial charge in [-0.1, -0.05) is 6.07 Å². The molecule has 0 saturated heterocycles. The number of phenolic OH excluding ortho intramolecular Hbond substituents is 1. The molecule has 0 amide bonds. The number of aliphatic hydroxyl groups is 1. The standard InChI is InChI=1S/C14H23NO3/c1-9(7-10(2)16)15-11(3)12-5-6-13(17)14(8-12)18-4/h5-6,8-11,15-17H,7H2,1-4H3. The zero-order valence-corrected chi connectivity index (χ0v) is 11.5. The van der Waals surface area contributed by atoms with E-state index in [0.717, 1.165) is 5.56 Å². The number of ether oxygens (including phenoxy) is 1. The van der Waals surface area contributed by atoms with Crippen molar-refractivity contribution in [2.75, 3.05) is 7.11 Å². The average Bonchev–Trinajstić information content (AvgIpc) is 2.28. The van der Waals surface area contributed by atoms with Gasteiger partial charge in [-0.25, -0.2) is 0 Å². The molecule has 0 aliphatic heterocycles. The van der Waals surface area contributed by atoms with Crippen LogP contribution in [0.5, 0.6) is 11.5 Å². The maximum atomic E-state index is 9.54. The highest BCUT2D eigenvalue weighted by atomic mass is 16.5. The highest BCUT2D eigenvalue weighted by molar-refractivity contribution is 5.42. The first-order valence-electron chi connectivity index (χ1n) is 6.25. The van der Waals surface area contributed by atoms with Gasteiger partial charge in [0.05, 0.1) is 13.2 Å². The minimum atomic E-state index is -0.311. The van der Waals surface area contributed by atoms with Crippen molar-refractivity contribution >= 4 is 0 Å². The second kappa shape index (κ2) is 6.61. The molecule has 0 aromatic heterocycles. The van der Waals surface area contributed by atoms with Crippen molar-refractivity contribution in [2.45, 2.75) is 45.4 Å². The van der Waals surface area contributed by atoms with E-state index >= 15 is 0 Å². The van der Waals surface area contributed by atoms with Gasteiger partial charge in [-0.05, 0) is 44.9 Å². The molecule has 4 heteroatoms. The second-order valence-corrected chi connectivity index (χ2v) is 4.81. The van der Waals surface area contributed by atoms with Crippen molar-refractivity contribution in [3.05, 3.63) is 23.8 Å². The van der Waals surface area contributed by atoms with Gasteiger partial charge in [-0.15, -0.1) is 0 Å². The molecule has 1 aromatic carbocycles. The highest BCUT2D eigenvalue weighted by Crippen LogP contribution is 2.29. The fraction of sp³-hybridized carbons (Fsp3) is 0.571. The molecule has 0 bridgehead atoms. The lowest BCUT2D eigenvalue weighted by molar-refractivity contribution is 0.168. The summed E-state index contributed by atoms with van der Waals surface area (Å²) in [7, 11) is 1.53. The van der Waals surface area contributed by atoms with E-state index in [0.29, 0.717) is 12.2 Å². The molecule has 0 aliphatic carbocycles. The molecule has 3 atom stereocenters. The van der Waals surface area contributed by atoms with Gasteiger partial charge in [0, 0.05) is 12.1 Å². The first kappa shape index (κ1) is 14.8. The Morgan fingerprint density at radius 1 is 1.28 bits per heavy atom. The van der Waals surface area contributed by atoms with E-state index in [4.69, 9.17) is 4.74 Å². The molecular formula is C14H23NO3. The smallest absolute Gasteiger partial charge is 0.160 e. The monoisotopic (exact) mass is 253 g/mol. The van der Waals surface area contributed by atoms with Crippen LogP contribution in [-0.4, -0.2) is 29.5 Å². The zero-order chi connectivity index (χ0) is 13.7. The number of methoxy groups -OCH3 is 1. The minimum Gasteiger partial charge on any atom is -0.504 e. The van der Waals surface area contributed by atoms with Crippen LogP contribution in [0.1, 0.15) is 38.8 Å². The summed E-state index contributed by atoms with van der Waals surface area (Å²) in [5.74, 6) is 0.620. The first-order chi connectivity index (χ1) is 8.43. The Balaban J connectivity index is 2.69. The predicted octanol–water partition coefficient (Wildman–Crippen LogP) is 2.21. The van der Waals surface area contributed by atoms with Crippen LogP contribution in [0, 0.1) is 0 Å². The Morgan fingerprint density at radius 2 is 1.94 bits per heavy atom. The number of benzene rings is 1. The van der Waals surface area contributed by atoms with Crippen LogP contribution < -0.4 is 10.1 Å². The third-order valence-corrected chi connectivity index (χ3v) is 2.93. The zero-order valence-electron chi connectivity index (χ0n) is 11.5. The maximum absolute atomic E-state index is 9.54. The Hall–Kier alpha value is -1.26. The summed E-state index contributed by atoms with van der Waals surface area (Å²) in [5.41, 5.74) is 1.04. The number of aromatic hydroxyl groups is 1. The number of hydrogen-bond donors (Lipinski definition) is 3. The summed E-state index contributed by atoms with van der Waals surface area (Å²) in [6, 6.07) is 5.67. The van der Waals surface area contributed by atoms with Gasteiger partial charge in [0.2, 0.25) is 0 Å². The minimum absolute atomic E-state index is 0.133. The molecule has 0 radical (unpaired) electrons. The predicted molar refractivity (Wildman–Crippen MR) is 72.0 cm³/mol. The Morgan fingerprint density at radius 3 is 2.50 bits per heavy atom. The molecular weight excluding hydrogens is 230 g/mol. The first-order valence-corrected chi connectivity index (χ1v) is 6.25. The highest BCUT2D eigenvalue weighted by Gasteiger charge is 2.13. The number of rotatable bonds is 6. The van der Waals surface area contributed by atoms with E-state index in [1.165, 1.54) is 7.11 Å². The lowest BCUT2D eigenvalue weighted by atomic mass is 10.1. The SMILES string of the molecule is COc1cc(C(C)NC(C)CC(C)O)ccc1O. The average molecular weight is 253 g/mol. The van der Waals surface area contributed by atoms with Crippen LogP contribution in [0.4, 0.5) is 0 Å². The lowest BCUT2D eigenvalue weighted by Crippen LogP contribution is -2.31.